The number of rotatable bonds is 6. The maximum Gasteiger partial charge on any atom is 0.391 e. The fraction of sp³-hybridized carbons (Fsp3) is 1.00. The van der Waals surface area contributed by atoms with Crippen LogP contribution in [0.3, 0.4) is 0 Å². The van der Waals surface area contributed by atoms with Crippen molar-refractivity contribution >= 4 is 0 Å². The van der Waals surface area contributed by atoms with E-state index in [0.717, 1.165) is 54.3 Å². The molecule has 6 rings (SSSR count). The first-order valence-corrected chi connectivity index (χ1v) is 36.1. The summed E-state index contributed by atoms with van der Waals surface area (Å²) < 4.78 is 137. The maximum absolute atomic E-state index is 11.5. The molecule has 3 atom stereocenters. The van der Waals surface area contributed by atoms with Gasteiger partial charge in [0.1, 0.15) is 0 Å². The molecular formula is C76H150F12. The fourth-order valence-corrected chi connectivity index (χ4v) is 12.9. The summed E-state index contributed by atoms with van der Waals surface area (Å²) in [5, 5.41) is 0. The van der Waals surface area contributed by atoms with Gasteiger partial charge in [0.05, 0.1) is 5.92 Å². The van der Waals surface area contributed by atoms with E-state index in [0.29, 0.717) is 34.5 Å². The summed E-state index contributed by atoms with van der Waals surface area (Å²) in [7, 11) is 0. The Hall–Kier alpha value is -0.840. The summed E-state index contributed by atoms with van der Waals surface area (Å²) >= 11 is 0. The Morgan fingerprint density at radius 2 is 0.602 bits per heavy atom. The average Bonchev–Trinajstić information content (AvgIpc) is 1.01. The van der Waals surface area contributed by atoms with Gasteiger partial charge >= 0.3 is 24.7 Å². The van der Waals surface area contributed by atoms with Crippen LogP contribution in [0.5, 0.6) is 0 Å². The zero-order chi connectivity index (χ0) is 70.4. The Kier molecular flexibility index (Phi) is 50.4. The smallest absolute Gasteiger partial charge is 0.171 e. The molecule has 0 amide bonds. The van der Waals surface area contributed by atoms with E-state index in [1.165, 1.54) is 149 Å². The maximum atomic E-state index is 11.5. The highest BCUT2D eigenvalue weighted by Crippen LogP contribution is 2.60. The Labute approximate surface area is 540 Å². The van der Waals surface area contributed by atoms with Crippen molar-refractivity contribution in [1.82, 2.24) is 0 Å². The third-order valence-corrected chi connectivity index (χ3v) is 19.2. The minimum Gasteiger partial charge on any atom is -0.171 e. The first kappa shape index (κ1) is 95.9. The van der Waals surface area contributed by atoms with Gasteiger partial charge in [-0.25, -0.2) is 0 Å². The zero-order valence-corrected chi connectivity index (χ0v) is 62.9. The van der Waals surface area contributed by atoms with E-state index in [1.54, 1.807) is 53.4 Å². The van der Waals surface area contributed by atoms with Gasteiger partial charge in [0, 0.05) is 18.8 Å². The molecule has 6 fully saturated rings. The molecule has 3 unspecified atom stereocenters. The summed E-state index contributed by atoms with van der Waals surface area (Å²) in [5.41, 5.74) is 4.14. The number of alkyl halides is 12. The molecule has 0 nitrogen and oxygen atoms in total. The summed E-state index contributed by atoms with van der Waals surface area (Å²) in [5.74, 6) is 1.93. The van der Waals surface area contributed by atoms with Crippen molar-refractivity contribution in [2.75, 3.05) is 0 Å². The fourth-order valence-electron chi connectivity index (χ4n) is 12.9. The molecule has 538 valence electrons. The quantitative estimate of drug-likeness (QED) is 0.233. The molecule has 3 spiro atoms. The average molecular weight is 1290 g/mol. The highest BCUT2D eigenvalue weighted by Gasteiger charge is 2.48. The first-order chi connectivity index (χ1) is 39.8. The van der Waals surface area contributed by atoms with Crippen molar-refractivity contribution in [3.05, 3.63) is 0 Å². The van der Waals surface area contributed by atoms with Crippen molar-refractivity contribution in [3.8, 4) is 0 Å². The van der Waals surface area contributed by atoms with Gasteiger partial charge in [0.2, 0.25) is 0 Å². The van der Waals surface area contributed by atoms with Gasteiger partial charge in [0.15, 0.2) is 0 Å². The Balaban J connectivity index is -0.000000298. The number of halogens is 12. The minimum atomic E-state index is -4.00. The van der Waals surface area contributed by atoms with Crippen LogP contribution in [0.1, 0.15) is 380 Å². The molecule has 6 aliphatic carbocycles. The van der Waals surface area contributed by atoms with E-state index >= 15 is 0 Å². The Morgan fingerprint density at radius 3 is 0.784 bits per heavy atom. The predicted molar refractivity (Wildman–Crippen MR) is 362 cm³/mol. The molecule has 6 saturated carbocycles. The second kappa shape index (κ2) is 46.3. The van der Waals surface area contributed by atoms with E-state index < -0.39 is 49.4 Å². The van der Waals surface area contributed by atoms with Crippen LogP contribution in [0, 0.1) is 85.8 Å². The van der Waals surface area contributed by atoms with E-state index in [2.05, 4.69) is 118 Å². The molecule has 0 N–H and O–H groups in total. The molecular weight excluding hydrogens is 1140 g/mol. The van der Waals surface area contributed by atoms with Crippen LogP contribution in [-0.2, 0) is 0 Å². The SMILES string of the molecule is CC.CC(C)C.CC(C)C(F)(F)F.CC1CCC2(CC1)CC(C)(C)CC(C)(C)C2.CC1CCC2(CC1)CCC(C)(C)CC2.CC1CCC2(CCCC2)CC1.CCC.CCC(C)C.CCC(C)C(F)(F)F.CCC(C)CC(F)(F)F.CCC(C)CC(F)(F)F. The molecule has 0 saturated heterocycles. The van der Waals surface area contributed by atoms with Gasteiger partial charge in [-0.05, 0) is 177 Å². The van der Waals surface area contributed by atoms with Crippen LogP contribution in [0.4, 0.5) is 52.7 Å². The molecule has 0 heterocycles. The van der Waals surface area contributed by atoms with Gasteiger partial charge in [-0.3, -0.25) is 0 Å². The van der Waals surface area contributed by atoms with Gasteiger partial charge < -0.3 is 0 Å². The van der Waals surface area contributed by atoms with E-state index in [1.807, 2.05) is 13.8 Å². The van der Waals surface area contributed by atoms with Crippen molar-refractivity contribution in [2.45, 2.75) is 404 Å². The standard InChI is InChI=1S/C16H30.C14H26.C11H20.2C6H11F3.C5H9F3.C5H12.C4H7F3.C4H10.C3H8.C2H6/c1-13-6-8-16(9-7-13)11-14(2,3)10-15(4,5)12-16;1-12-4-6-14(7-5-12)10-8-13(2,3)9-11-14;1-10-4-8-11(9-5-10)6-2-3-7-11;2*1-3-5(2)4-6(7,8)9;1-3-4(2)5(6,7)8;1-4-5(2)3;1-3(2)4(5,6)7;1-4(2)3;1-3-2;1-2/h13H,6-12H2,1-5H3;12H,4-11H2,1-3H3;10H,2-9H2,1H3;2*5H,3-4H2,1-2H3;4H,3H2,1-2H3;5H,4H2,1-3H3;3H,1-2H3;4H,1-3H3;3H2,1-2H3;1-2H3. The van der Waals surface area contributed by atoms with Gasteiger partial charge in [0.25, 0.3) is 0 Å². The normalized spacial score (nSPS) is 21.9. The van der Waals surface area contributed by atoms with Gasteiger partial charge in [-0.2, -0.15) is 52.7 Å². The number of hydrogen-bond donors (Lipinski definition) is 0. The minimum absolute atomic E-state index is 0.170. The van der Waals surface area contributed by atoms with Gasteiger partial charge in [-0.15, -0.1) is 0 Å². The highest BCUT2D eigenvalue weighted by molar-refractivity contribution is 4.99. The van der Waals surface area contributed by atoms with Crippen LogP contribution in [0.2, 0.25) is 0 Å². The lowest BCUT2D eigenvalue weighted by Crippen LogP contribution is -2.43. The molecule has 12 heteroatoms. The van der Waals surface area contributed by atoms with Crippen molar-refractivity contribution in [2.24, 2.45) is 85.8 Å². The second-order valence-electron chi connectivity index (χ2n) is 32.7. The van der Waals surface area contributed by atoms with E-state index in [9.17, 15) is 52.7 Å². The van der Waals surface area contributed by atoms with Crippen molar-refractivity contribution in [1.29, 1.82) is 0 Å². The molecule has 0 aromatic heterocycles. The van der Waals surface area contributed by atoms with Crippen molar-refractivity contribution < 1.29 is 52.7 Å². The summed E-state index contributed by atoms with van der Waals surface area (Å²) in [6.45, 7) is 55.2. The van der Waals surface area contributed by atoms with E-state index in [4.69, 9.17) is 0 Å². The Morgan fingerprint density at radius 1 is 0.352 bits per heavy atom. The van der Waals surface area contributed by atoms with Crippen LogP contribution < -0.4 is 0 Å². The van der Waals surface area contributed by atoms with E-state index in [-0.39, 0.29) is 18.3 Å². The lowest BCUT2D eigenvalue weighted by Gasteiger charge is -2.54. The largest absolute Gasteiger partial charge is 0.391 e. The van der Waals surface area contributed by atoms with Crippen molar-refractivity contribution in [3.63, 3.8) is 0 Å². The van der Waals surface area contributed by atoms with Crippen LogP contribution in [0.15, 0.2) is 0 Å². The molecule has 0 aliphatic heterocycles. The molecule has 88 heavy (non-hydrogen) atoms. The molecule has 0 bridgehead atoms. The predicted octanol–water partition coefficient (Wildman–Crippen LogP) is 30.9. The lowest BCUT2D eigenvalue weighted by atomic mass is 9.51. The topological polar surface area (TPSA) is 0 Å². The van der Waals surface area contributed by atoms with Crippen LogP contribution >= 0.6 is 0 Å². The zero-order valence-electron chi connectivity index (χ0n) is 62.9. The molecule has 0 radical (unpaired) electrons. The summed E-state index contributed by atoms with van der Waals surface area (Å²) in [6.07, 6.45) is 21.3. The Bertz CT molecular complexity index is 1510. The molecule has 0 aromatic rings. The van der Waals surface area contributed by atoms with Gasteiger partial charge in [-0.1, -0.05) is 264 Å². The second-order valence-corrected chi connectivity index (χ2v) is 32.7. The summed E-state index contributed by atoms with van der Waals surface area (Å²) in [6, 6.07) is 0. The molecule has 6 aliphatic rings. The first-order valence-electron chi connectivity index (χ1n) is 36.1. The number of hydrogen-bond acceptors (Lipinski definition) is 0. The monoisotopic (exact) mass is 1290 g/mol. The molecule has 0 aromatic carbocycles. The van der Waals surface area contributed by atoms with Crippen LogP contribution in [-0.4, -0.2) is 24.7 Å². The lowest BCUT2D eigenvalue weighted by molar-refractivity contribution is -0.170. The third-order valence-electron chi connectivity index (χ3n) is 19.2. The third kappa shape index (κ3) is 53.5. The highest BCUT2D eigenvalue weighted by atomic mass is 19.4. The summed E-state index contributed by atoms with van der Waals surface area (Å²) in [4.78, 5) is 0. The van der Waals surface area contributed by atoms with Crippen LogP contribution in [0.25, 0.3) is 0 Å².